The number of hydrogen-bond donors (Lipinski definition) is 0. The van der Waals surface area contributed by atoms with Gasteiger partial charge < -0.3 is 4.42 Å². The van der Waals surface area contributed by atoms with E-state index in [1.807, 2.05) is 24.3 Å². The third kappa shape index (κ3) is 2.32. The van der Waals surface area contributed by atoms with Crippen LogP contribution in [0.2, 0.25) is 0 Å². The van der Waals surface area contributed by atoms with Gasteiger partial charge in [0.15, 0.2) is 11.6 Å². The molecule has 1 atom stereocenters. The molecule has 122 valence electrons. The van der Waals surface area contributed by atoms with Gasteiger partial charge in [-0.1, -0.05) is 0 Å². The molecule has 0 fully saturated rings. The van der Waals surface area contributed by atoms with Crippen molar-refractivity contribution in [3.05, 3.63) is 66.1 Å². The van der Waals surface area contributed by atoms with Crippen molar-refractivity contribution in [1.29, 1.82) is 0 Å². The monoisotopic (exact) mass is 331 g/mol. The molecule has 0 saturated heterocycles. The first-order valence-electron chi connectivity index (χ1n) is 8.01. The highest BCUT2D eigenvalue weighted by Gasteiger charge is 2.30. The van der Waals surface area contributed by atoms with Gasteiger partial charge in [0.25, 0.3) is 5.78 Å². The lowest BCUT2D eigenvalue weighted by Gasteiger charge is -2.20. The second-order valence-corrected chi connectivity index (χ2v) is 6.07. The van der Waals surface area contributed by atoms with Gasteiger partial charge in [0.1, 0.15) is 5.76 Å². The maximum absolute atomic E-state index is 12.6. The van der Waals surface area contributed by atoms with E-state index in [0.717, 1.165) is 17.0 Å². The van der Waals surface area contributed by atoms with E-state index >= 15 is 0 Å². The van der Waals surface area contributed by atoms with Crippen molar-refractivity contribution < 1.29 is 9.21 Å². The number of aromatic nitrogens is 5. The fourth-order valence-corrected chi connectivity index (χ4v) is 3.23. The molecule has 4 aromatic rings. The predicted octanol–water partition coefficient (Wildman–Crippen LogP) is 2.69. The summed E-state index contributed by atoms with van der Waals surface area (Å²) in [6.45, 7) is 0. The van der Waals surface area contributed by atoms with Crippen molar-refractivity contribution in [3.8, 4) is 11.4 Å². The molecular formula is C18H13N5O2. The van der Waals surface area contributed by atoms with E-state index in [4.69, 9.17) is 4.42 Å². The van der Waals surface area contributed by atoms with Crippen LogP contribution in [0.25, 0.3) is 17.2 Å². The van der Waals surface area contributed by atoms with E-state index in [2.05, 4.69) is 20.1 Å². The average molecular weight is 331 g/mol. The molecule has 0 N–H and O–H groups in total. The number of furan rings is 1. The Labute approximate surface area is 142 Å². The minimum Gasteiger partial charge on any atom is -0.469 e. The molecule has 0 bridgehead atoms. The van der Waals surface area contributed by atoms with Gasteiger partial charge in [0.2, 0.25) is 0 Å². The van der Waals surface area contributed by atoms with Crippen LogP contribution in [0.4, 0.5) is 0 Å². The molecule has 0 radical (unpaired) electrons. The molecular weight excluding hydrogens is 318 g/mol. The molecule has 0 spiro atoms. The van der Waals surface area contributed by atoms with Crippen molar-refractivity contribution in [2.45, 2.75) is 18.8 Å². The van der Waals surface area contributed by atoms with Crippen LogP contribution in [0.3, 0.4) is 0 Å². The number of carbonyl (C=O) groups excluding carboxylic acids is 1. The normalized spacial score (nSPS) is 17.0. The topological polar surface area (TPSA) is 86.2 Å². The van der Waals surface area contributed by atoms with Crippen LogP contribution in [0.15, 0.2) is 53.5 Å². The Hall–Kier alpha value is -3.35. The van der Waals surface area contributed by atoms with Gasteiger partial charge in [-0.05, 0) is 24.3 Å². The summed E-state index contributed by atoms with van der Waals surface area (Å²) in [7, 11) is 0. The first-order valence-corrected chi connectivity index (χ1v) is 8.01. The zero-order valence-electron chi connectivity index (χ0n) is 13.2. The summed E-state index contributed by atoms with van der Waals surface area (Å²) < 4.78 is 7.03. The molecule has 5 rings (SSSR count). The molecule has 0 aromatic carbocycles. The van der Waals surface area contributed by atoms with E-state index in [1.165, 1.54) is 0 Å². The first-order chi connectivity index (χ1) is 12.3. The van der Waals surface area contributed by atoms with Gasteiger partial charge in [-0.25, -0.2) is 9.50 Å². The highest BCUT2D eigenvalue weighted by atomic mass is 16.3. The maximum atomic E-state index is 12.6. The molecule has 0 saturated carbocycles. The van der Waals surface area contributed by atoms with Gasteiger partial charge in [0, 0.05) is 42.9 Å². The molecule has 25 heavy (non-hydrogen) atoms. The second kappa shape index (κ2) is 5.34. The highest BCUT2D eigenvalue weighted by molar-refractivity contribution is 5.98. The van der Waals surface area contributed by atoms with Crippen molar-refractivity contribution >= 4 is 11.6 Å². The van der Waals surface area contributed by atoms with E-state index in [1.54, 1.807) is 29.4 Å². The predicted molar refractivity (Wildman–Crippen MR) is 88.1 cm³/mol. The van der Waals surface area contributed by atoms with E-state index in [-0.39, 0.29) is 11.7 Å². The lowest BCUT2D eigenvalue weighted by atomic mass is 9.85. The number of hydrogen-bond acceptors (Lipinski definition) is 6. The Kier molecular flexibility index (Phi) is 3.00. The van der Waals surface area contributed by atoms with Crippen LogP contribution in [-0.4, -0.2) is 30.3 Å². The lowest BCUT2D eigenvalue weighted by molar-refractivity contribution is 0.0958. The molecule has 0 aliphatic heterocycles. The largest absolute Gasteiger partial charge is 0.469 e. The van der Waals surface area contributed by atoms with Crippen LogP contribution in [0, 0.1) is 0 Å². The van der Waals surface area contributed by atoms with Crippen molar-refractivity contribution in [2.24, 2.45) is 0 Å². The van der Waals surface area contributed by atoms with Crippen LogP contribution in [0.1, 0.15) is 34.2 Å². The standard InChI is InChI=1S/C18H13N5O2/c24-15-8-12(16-4-2-6-25-16)7-14-13(15)10-23-18(20-14)21-17(22-23)11-3-1-5-19-9-11/h1-6,9-10,12H,7-8H2. The number of rotatable bonds is 2. The van der Waals surface area contributed by atoms with Gasteiger partial charge in [-0.15, -0.1) is 5.10 Å². The zero-order valence-corrected chi connectivity index (χ0v) is 13.2. The van der Waals surface area contributed by atoms with Crippen molar-refractivity contribution in [3.63, 3.8) is 0 Å². The molecule has 0 amide bonds. The molecule has 1 unspecified atom stereocenters. The average Bonchev–Trinajstić information content (AvgIpc) is 3.30. The Morgan fingerprint density at radius 2 is 2.12 bits per heavy atom. The summed E-state index contributed by atoms with van der Waals surface area (Å²) in [5, 5.41) is 4.43. The third-order valence-electron chi connectivity index (χ3n) is 4.45. The summed E-state index contributed by atoms with van der Waals surface area (Å²) >= 11 is 0. The summed E-state index contributed by atoms with van der Waals surface area (Å²) in [6.07, 6.45) is 7.82. The van der Waals surface area contributed by atoms with E-state index in [9.17, 15) is 4.79 Å². The van der Waals surface area contributed by atoms with Crippen LogP contribution in [-0.2, 0) is 6.42 Å². The molecule has 7 heteroatoms. The fourth-order valence-electron chi connectivity index (χ4n) is 3.23. The van der Waals surface area contributed by atoms with Gasteiger partial charge in [-0.2, -0.15) is 4.98 Å². The number of pyridine rings is 1. The molecule has 4 aromatic heterocycles. The smallest absolute Gasteiger partial charge is 0.252 e. The number of Topliss-reactive ketones (excluding diaryl/α,β-unsaturated/α-hetero) is 1. The Balaban J connectivity index is 1.59. The number of carbonyl (C=O) groups is 1. The number of fused-ring (bicyclic) bond motifs is 2. The Morgan fingerprint density at radius 1 is 1.16 bits per heavy atom. The first kappa shape index (κ1) is 14.0. The molecule has 1 aliphatic rings. The minimum absolute atomic E-state index is 0.0191. The minimum atomic E-state index is 0.0191. The van der Waals surface area contributed by atoms with E-state index in [0.29, 0.717) is 30.0 Å². The summed E-state index contributed by atoms with van der Waals surface area (Å²) in [4.78, 5) is 25.7. The number of nitrogens with zero attached hydrogens (tertiary/aromatic N) is 5. The second-order valence-electron chi connectivity index (χ2n) is 6.07. The zero-order chi connectivity index (χ0) is 16.8. The fraction of sp³-hybridized carbons (Fsp3) is 0.167. The van der Waals surface area contributed by atoms with Crippen molar-refractivity contribution in [2.75, 3.05) is 0 Å². The van der Waals surface area contributed by atoms with Crippen molar-refractivity contribution in [1.82, 2.24) is 24.6 Å². The molecule has 4 heterocycles. The highest BCUT2D eigenvalue weighted by Crippen LogP contribution is 2.32. The maximum Gasteiger partial charge on any atom is 0.252 e. The van der Waals surface area contributed by atoms with Crippen LogP contribution in [0.5, 0.6) is 0 Å². The van der Waals surface area contributed by atoms with E-state index < -0.39 is 0 Å². The van der Waals surface area contributed by atoms with Gasteiger partial charge in [-0.3, -0.25) is 9.78 Å². The van der Waals surface area contributed by atoms with Gasteiger partial charge >= 0.3 is 0 Å². The molecule has 1 aliphatic carbocycles. The summed E-state index contributed by atoms with van der Waals surface area (Å²) in [5.41, 5.74) is 2.17. The van der Waals surface area contributed by atoms with Crippen LogP contribution >= 0.6 is 0 Å². The van der Waals surface area contributed by atoms with Crippen LogP contribution < -0.4 is 0 Å². The SMILES string of the molecule is O=C1CC(c2ccco2)Cc2nc3nc(-c4cccnc4)nn3cc21. The Morgan fingerprint density at radius 3 is 2.92 bits per heavy atom. The number of ketones is 1. The summed E-state index contributed by atoms with van der Waals surface area (Å²) in [5.74, 6) is 1.91. The Bertz CT molecular complexity index is 1070. The quantitative estimate of drug-likeness (QED) is 0.561. The molecule has 7 nitrogen and oxygen atoms in total. The summed E-state index contributed by atoms with van der Waals surface area (Å²) in [6, 6.07) is 7.46. The lowest BCUT2D eigenvalue weighted by Crippen LogP contribution is -2.21. The van der Waals surface area contributed by atoms with Gasteiger partial charge in [0.05, 0.1) is 17.5 Å². The third-order valence-corrected chi connectivity index (χ3v) is 4.45.